The van der Waals surface area contributed by atoms with E-state index in [1.54, 1.807) is 43.5 Å². The summed E-state index contributed by atoms with van der Waals surface area (Å²) in [6.07, 6.45) is 0. The second-order valence-electron chi connectivity index (χ2n) is 6.61. The molecular weight excluding hydrogens is 402 g/mol. The highest BCUT2D eigenvalue weighted by Gasteiger charge is 2.13. The van der Waals surface area contributed by atoms with E-state index in [9.17, 15) is 4.79 Å². The van der Waals surface area contributed by atoms with Crippen molar-refractivity contribution in [2.75, 3.05) is 19.0 Å². The minimum Gasteiger partial charge on any atom is -0.495 e. The van der Waals surface area contributed by atoms with E-state index in [1.165, 1.54) is 0 Å². The van der Waals surface area contributed by atoms with Gasteiger partial charge in [0.2, 0.25) is 0 Å². The van der Waals surface area contributed by atoms with Crippen LogP contribution in [-0.2, 0) is 6.61 Å². The predicted molar refractivity (Wildman–Crippen MR) is 119 cm³/mol. The van der Waals surface area contributed by atoms with Crippen molar-refractivity contribution in [3.63, 3.8) is 0 Å². The first kappa shape index (κ1) is 21.5. The maximum Gasteiger partial charge on any atom is 0.255 e. The summed E-state index contributed by atoms with van der Waals surface area (Å²) in [6, 6.07) is 18.0. The molecule has 0 radical (unpaired) electrons. The number of benzene rings is 3. The quantitative estimate of drug-likeness (QED) is 0.489. The van der Waals surface area contributed by atoms with Crippen LogP contribution in [0.4, 0.5) is 5.69 Å². The summed E-state index contributed by atoms with van der Waals surface area (Å²) in [4.78, 5) is 12.8. The van der Waals surface area contributed by atoms with Crippen LogP contribution in [0.15, 0.2) is 60.7 Å². The van der Waals surface area contributed by atoms with Crippen molar-refractivity contribution in [2.45, 2.75) is 20.5 Å². The van der Waals surface area contributed by atoms with Crippen molar-refractivity contribution in [3.8, 4) is 17.2 Å². The molecule has 156 valence electrons. The van der Waals surface area contributed by atoms with Crippen LogP contribution < -0.4 is 19.5 Å². The number of aryl methyl sites for hydroxylation is 1. The highest BCUT2D eigenvalue weighted by Crippen LogP contribution is 2.27. The number of halogens is 1. The van der Waals surface area contributed by atoms with Crippen molar-refractivity contribution < 1.29 is 19.0 Å². The van der Waals surface area contributed by atoms with Gasteiger partial charge in [0.15, 0.2) is 0 Å². The zero-order valence-corrected chi connectivity index (χ0v) is 18.0. The number of ether oxygens (including phenoxy) is 3. The zero-order valence-electron chi connectivity index (χ0n) is 17.2. The first-order chi connectivity index (χ1) is 14.5. The van der Waals surface area contributed by atoms with Crippen molar-refractivity contribution in [2.24, 2.45) is 0 Å². The first-order valence-corrected chi connectivity index (χ1v) is 9.98. The van der Waals surface area contributed by atoms with Gasteiger partial charge in [-0.3, -0.25) is 4.79 Å². The van der Waals surface area contributed by atoms with Gasteiger partial charge in [0.1, 0.15) is 23.9 Å². The molecule has 0 saturated heterocycles. The fourth-order valence-corrected chi connectivity index (χ4v) is 3.06. The third-order valence-electron chi connectivity index (χ3n) is 4.50. The van der Waals surface area contributed by atoms with Crippen LogP contribution in [0, 0.1) is 6.92 Å². The van der Waals surface area contributed by atoms with E-state index in [2.05, 4.69) is 5.32 Å². The number of hydrogen-bond donors (Lipinski definition) is 1. The third-order valence-corrected chi connectivity index (χ3v) is 4.93. The number of para-hydroxylation sites is 2. The Morgan fingerprint density at radius 2 is 1.80 bits per heavy atom. The number of anilines is 1. The van der Waals surface area contributed by atoms with E-state index >= 15 is 0 Å². The van der Waals surface area contributed by atoms with Crippen LogP contribution in [-0.4, -0.2) is 19.6 Å². The molecule has 0 spiro atoms. The van der Waals surface area contributed by atoms with Crippen molar-refractivity contribution >= 4 is 23.2 Å². The van der Waals surface area contributed by atoms with Crippen LogP contribution in [0.25, 0.3) is 0 Å². The lowest BCUT2D eigenvalue weighted by Crippen LogP contribution is -2.13. The molecule has 3 rings (SSSR count). The maximum absolute atomic E-state index is 12.8. The molecule has 0 aromatic heterocycles. The van der Waals surface area contributed by atoms with Gasteiger partial charge < -0.3 is 19.5 Å². The van der Waals surface area contributed by atoms with Gasteiger partial charge in [-0.2, -0.15) is 0 Å². The molecule has 30 heavy (non-hydrogen) atoms. The smallest absolute Gasteiger partial charge is 0.255 e. The lowest BCUT2D eigenvalue weighted by Gasteiger charge is -2.14. The highest BCUT2D eigenvalue weighted by molar-refractivity contribution is 6.31. The molecule has 6 heteroatoms. The SMILES string of the molecule is CCOc1ccc(C(=O)Nc2ccccc2OC)cc1COc1ccc(Cl)c(C)c1. The number of nitrogens with one attached hydrogen (secondary N) is 1. The Morgan fingerprint density at radius 1 is 1.00 bits per heavy atom. The fourth-order valence-electron chi connectivity index (χ4n) is 2.94. The van der Waals surface area contributed by atoms with E-state index in [0.717, 1.165) is 11.1 Å². The van der Waals surface area contributed by atoms with Gasteiger partial charge in [0.05, 0.1) is 19.4 Å². The van der Waals surface area contributed by atoms with Crippen LogP contribution in [0.2, 0.25) is 5.02 Å². The molecule has 0 aliphatic carbocycles. The van der Waals surface area contributed by atoms with Gasteiger partial charge in [-0.25, -0.2) is 0 Å². The van der Waals surface area contributed by atoms with Crippen LogP contribution in [0.5, 0.6) is 17.2 Å². The van der Waals surface area contributed by atoms with Gasteiger partial charge in [-0.05, 0) is 67.9 Å². The second kappa shape index (κ2) is 10.0. The number of hydrogen-bond acceptors (Lipinski definition) is 4. The number of amides is 1. The zero-order chi connectivity index (χ0) is 21.5. The number of methoxy groups -OCH3 is 1. The summed E-state index contributed by atoms with van der Waals surface area (Å²) >= 11 is 6.08. The monoisotopic (exact) mass is 425 g/mol. The molecule has 0 saturated carbocycles. The van der Waals surface area contributed by atoms with E-state index in [4.69, 9.17) is 25.8 Å². The maximum atomic E-state index is 12.8. The van der Waals surface area contributed by atoms with Gasteiger partial charge >= 0.3 is 0 Å². The molecule has 1 amide bonds. The molecule has 0 unspecified atom stereocenters. The number of carbonyl (C=O) groups is 1. The van der Waals surface area contributed by atoms with E-state index in [1.807, 2.05) is 38.1 Å². The van der Waals surface area contributed by atoms with Crippen LogP contribution >= 0.6 is 11.6 Å². The Hall–Kier alpha value is -3.18. The summed E-state index contributed by atoms with van der Waals surface area (Å²) in [5.74, 6) is 1.73. The normalized spacial score (nSPS) is 10.4. The molecule has 0 heterocycles. The first-order valence-electron chi connectivity index (χ1n) is 9.61. The van der Waals surface area contributed by atoms with Gasteiger partial charge in [0.25, 0.3) is 5.91 Å². The topological polar surface area (TPSA) is 56.8 Å². The molecule has 0 fully saturated rings. The lowest BCUT2D eigenvalue weighted by atomic mass is 10.1. The third kappa shape index (κ3) is 5.24. The van der Waals surface area contributed by atoms with Crippen LogP contribution in [0.1, 0.15) is 28.4 Å². The molecule has 3 aromatic carbocycles. The molecule has 3 aromatic rings. The molecular formula is C24H24ClNO4. The molecule has 0 aliphatic heterocycles. The highest BCUT2D eigenvalue weighted by atomic mass is 35.5. The Kier molecular flexibility index (Phi) is 7.20. The summed E-state index contributed by atoms with van der Waals surface area (Å²) in [5.41, 5.74) is 2.81. The van der Waals surface area contributed by atoms with Crippen molar-refractivity contribution in [1.29, 1.82) is 0 Å². The Morgan fingerprint density at radius 3 is 2.53 bits per heavy atom. The average Bonchev–Trinajstić information content (AvgIpc) is 2.76. The lowest BCUT2D eigenvalue weighted by molar-refractivity contribution is 0.102. The average molecular weight is 426 g/mol. The number of rotatable bonds is 8. The minimum absolute atomic E-state index is 0.244. The fraction of sp³-hybridized carbons (Fsp3) is 0.208. The Bertz CT molecular complexity index is 1040. The Balaban J connectivity index is 1.80. The van der Waals surface area contributed by atoms with Crippen molar-refractivity contribution in [1.82, 2.24) is 0 Å². The molecule has 0 aliphatic rings. The van der Waals surface area contributed by atoms with Gasteiger partial charge in [-0.15, -0.1) is 0 Å². The predicted octanol–water partition coefficient (Wildman–Crippen LogP) is 5.89. The van der Waals surface area contributed by atoms with Gasteiger partial charge in [-0.1, -0.05) is 23.7 Å². The Labute approximate surface area is 181 Å². The molecule has 0 bridgehead atoms. The molecule has 1 N–H and O–H groups in total. The van der Waals surface area contributed by atoms with E-state index < -0.39 is 0 Å². The molecule has 5 nitrogen and oxygen atoms in total. The van der Waals surface area contributed by atoms with E-state index in [-0.39, 0.29) is 12.5 Å². The summed E-state index contributed by atoms with van der Waals surface area (Å²) < 4.78 is 16.9. The van der Waals surface area contributed by atoms with Crippen LogP contribution in [0.3, 0.4) is 0 Å². The summed E-state index contributed by atoms with van der Waals surface area (Å²) in [7, 11) is 1.57. The standard InChI is InChI=1S/C24H24ClNO4/c1-4-29-22-12-9-17(24(27)26-21-7-5-6-8-23(21)28-3)14-18(22)15-30-19-10-11-20(25)16(2)13-19/h5-14H,4,15H2,1-3H3,(H,26,27). The number of carbonyl (C=O) groups excluding carboxylic acids is 1. The van der Waals surface area contributed by atoms with E-state index in [0.29, 0.717) is 40.1 Å². The van der Waals surface area contributed by atoms with Gasteiger partial charge in [0, 0.05) is 16.1 Å². The largest absolute Gasteiger partial charge is 0.495 e. The second-order valence-corrected chi connectivity index (χ2v) is 7.02. The molecule has 0 atom stereocenters. The summed E-state index contributed by atoms with van der Waals surface area (Å²) in [6.45, 7) is 4.60. The minimum atomic E-state index is -0.244. The summed E-state index contributed by atoms with van der Waals surface area (Å²) in [5, 5.41) is 3.57. The van der Waals surface area contributed by atoms with Crippen molar-refractivity contribution in [3.05, 3.63) is 82.4 Å².